The minimum absolute atomic E-state index is 0.472. The number of pyridine rings is 1. The summed E-state index contributed by atoms with van der Waals surface area (Å²) in [7, 11) is 2.07. The van der Waals surface area contributed by atoms with Crippen molar-refractivity contribution >= 4 is 44.3 Å². The number of unbranched alkanes of at least 4 members (excludes halogenated alkanes) is 1. The van der Waals surface area contributed by atoms with Crippen molar-refractivity contribution in [2.24, 2.45) is 0 Å². The van der Waals surface area contributed by atoms with Crippen LogP contribution in [0.1, 0.15) is 69.4 Å². The number of aromatic nitrogens is 2. The summed E-state index contributed by atoms with van der Waals surface area (Å²) >= 11 is 2.10. The fourth-order valence-corrected chi connectivity index (χ4v) is 10.0. The maximum Gasteiger partial charge on any atom is 0.176 e. The minimum atomic E-state index is 0.472. The highest BCUT2D eigenvalue weighted by Crippen LogP contribution is 2.46. The lowest BCUT2D eigenvalue weighted by Gasteiger charge is -2.28. The third-order valence-corrected chi connectivity index (χ3v) is 12.6. The highest BCUT2D eigenvalue weighted by atomic mass is 32.2. The smallest absolute Gasteiger partial charge is 0.176 e. The molecule has 3 N–H and O–H groups in total. The first-order valence-corrected chi connectivity index (χ1v) is 19.2. The van der Waals surface area contributed by atoms with Gasteiger partial charge in [-0.15, -0.1) is 0 Å². The number of nitrogens with one attached hydrogen (secondary N) is 3. The van der Waals surface area contributed by atoms with Crippen molar-refractivity contribution < 1.29 is 4.57 Å². The van der Waals surface area contributed by atoms with Crippen LogP contribution >= 0.6 is 11.8 Å². The Morgan fingerprint density at radius 3 is 2.72 bits per heavy atom. The molecule has 7 heteroatoms. The van der Waals surface area contributed by atoms with Gasteiger partial charge in [0.1, 0.15) is 0 Å². The quantitative estimate of drug-likeness (QED) is 0.0830. The molecule has 6 rings (SSSR count). The predicted octanol–water partition coefficient (Wildman–Crippen LogP) is 7.23. The van der Waals surface area contributed by atoms with Crippen molar-refractivity contribution in [2.75, 3.05) is 39.0 Å². The Morgan fingerprint density at radius 2 is 1.94 bits per heavy atom. The SMILES string of the molecule is C=CNC1C(NC)CSC1CCCCC(=C)NCCC1CCn2c3ccccc3c3c(C)c4c[n+](CCN(CC)CC)ccc4c1c32. The molecule has 1 fully saturated rings. The molecule has 47 heavy (non-hydrogen) atoms. The second kappa shape index (κ2) is 15.5. The van der Waals surface area contributed by atoms with Gasteiger partial charge in [0.25, 0.3) is 0 Å². The van der Waals surface area contributed by atoms with Gasteiger partial charge < -0.3 is 20.5 Å². The summed E-state index contributed by atoms with van der Waals surface area (Å²) in [4.78, 5) is 2.51. The number of aryl methyl sites for hydroxylation is 2. The molecular weight excluding hydrogens is 597 g/mol. The summed E-state index contributed by atoms with van der Waals surface area (Å²) in [6.07, 6.45) is 13.6. The van der Waals surface area contributed by atoms with Gasteiger partial charge in [0.05, 0.1) is 18.1 Å². The van der Waals surface area contributed by atoms with E-state index in [4.69, 9.17) is 0 Å². The van der Waals surface area contributed by atoms with Gasteiger partial charge in [0.15, 0.2) is 18.9 Å². The molecule has 1 saturated heterocycles. The van der Waals surface area contributed by atoms with Crippen LogP contribution in [-0.2, 0) is 13.1 Å². The fraction of sp³-hybridized carbons (Fsp3) is 0.525. The van der Waals surface area contributed by atoms with Gasteiger partial charge in [-0.3, -0.25) is 4.90 Å². The lowest BCUT2D eigenvalue weighted by atomic mass is 9.83. The monoisotopic (exact) mass is 653 g/mol. The number of benzene rings is 2. The van der Waals surface area contributed by atoms with E-state index in [9.17, 15) is 0 Å². The van der Waals surface area contributed by atoms with E-state index in [0.29, 0.717) is 23.3 Å². The van der Waals surface area contributed by atoms with Gasteiger partial charge in [0.2, 0.25) is 0 Å². The Kier molecular flexibility index (Phi) is 11.2. The van der Waals surface area contributed by atoms with Crippen LogP contribution in [0.15, 0.2) is 67.8 Å². The fourth-order valence-electron chi connectivity index (χ4n) is 8.37. The number of hydrogen-bond acceptors (Lipinski definition) is 5. The third-order valence-electron chi connectivity index (χ3n) is 11.1. The molecule has 4 heterocycles. The lowest BCUT2D eigenvalue weighted by Crippen LogP contribution is -2.46. The molecule has 2 aliphatic rings. The maximum atomic E-state index is 4.43. The van der Waals surface area contributed by atoms with Gasteiger partial charge in [-0.2, -0.15) is 11.8 Å². The molecule has 0 bridgehead atoms. The summed E-state index contributed by atoms with van der Waals surface area (Å²) in [5.74, 6) is 1.69. The number of allylic oxidation sites excluding steroid dienone is 1. The first-order chi connectivity index (χ1) is 23.0. The average Bonchev–Trinajstić information content (AvgIpc) is 3.65. The molecule has 4 unspecified atom stereocenters. The van der Waals surface area contributed by atoms with Crippen LogP contribution in [0, 0.1) is 6.92 Å². The zero-order chi connectivity index (χ0) is 32.9. The third kappa shape index (κ3) is 6.95. The zero-order valence-corrected chi connectivity index (χ0v) is 30.1. The number of hydrogen-bond donors (Lipinski definition) is 3. The summed E-state index contributed by atoms with van der Waals surface area (Å²) in [6, 6.07) is 12.5. The Labute approximate surface area is 287 Å². The summed E-state index contributed by atoms with van der Waals surface area (Å²) in [5, 5.41) is 17.1. The van der Waals surface area contributed by atoms with E-state index >= 15 is 0 Å². The first-order valence-electron chi connectivity index (χ1n) is 18.1. The van der Waals surface area contributed by atoms with Crippen LogP contribution in [0.5, 0.6) is 0 Å². The molecule has 0 saturated carbocycles. The van der Waals surface area contributed by atoms with E-state index in [1.165, 1.54) is 75.3 Å². The Hall–Kier alpha value is -3.00. The molecule has 2 aromatic carbocycles. The van der Waals surface area contributed by atoms with Crippen molar-refractivity contribution in [1.82, 2.24) is 25.4 Å². The van der Waals surface area contributed by atoms with Crippen molar-refractivity contribution in [2.45, 2.75) is 95.6 Å². The molecule has 6 nitrogen and oxygen atoms in total. The number of thioether (sulfide) groups is 1. The molecule has 0 radical (unpaired) electrons. The molecule has 4 atom stereocenters. The van der Waals surface area contributed by atoms with E-state index in [-0.39, 0.29) is 0 Å². The average molecular weight is 654 g/mol. The molecule has 4 aromatic rings. The highest BCUT2D eigenvalue weighted by molar-refractivity contribution is 8.00. The minimum Gasteiger partial charge on any atom is -0.389 e. The summed E-state index contributed by atoms with van der Waals surface area (Å²) in [6.45, 7) is 21.6. The molecule has 0 aliphatic carbocycles. The zero-order valence-electron chi connectivity index (χ0n) is 29.3. The van der Waals surface area contributed by atoms with Gasteiger partial charge in [-0.05, 0) is 93.9 Å². The van der Waals surface area contributed by atoms with Crippen LogP contribution < -0.4 is 20.5 Å². The van der Waals surface area contributed by atoms with E-state index in [1.54, 1.807) is 5.56 Å². The molecule has 2 aromatic heterocycles. The molecule has 252 valence electrons. The second-order valence-electron chi connectivity index (χ2n) is 13.7. The first kappa shape index (κ1) is 33.9. The van der Waals surface area contributed by atoms with Crippen molar-refractivity contribution in [3.63, 3.8) is 0 Å². The largest absolute Gasteiger partial charge is 0.389 e. The summed E-state index contributed by atoms with van der Waals surface area (Å²) in [5.41, 5.74) is 7.02. The summed E-state index contributed by atoms with van der Waals surface area (Å²) < 4.78 is 5.03. The standard InChI is InChI=1S/C40H57N6S/c1-7-42-39-34(41-6)27-47-36(39)17-13-10-14-28(4)43-21-18-30-19-23-46-35-16-12-11-15-32(35)37-29(5)33-26-45(25-24-44(8-2)9-3)22-20-31(33)38(30)40(37)46/h7,11-12,15-16,20,22,26,30,34,36,39,41-43H,1,4,8-10,13-14,17-19,21,23-25,27H2,2-3,5-6H3/q+1. The normalized spacial score (nSPS) is 20.9. The number of para-hydroxylation sites is 1. The lowest BCUT2D eigenvalue weighted by molar-refractivity contribution is -0.695. The van der Waals surface area contributed by atoms with Crippen LogP contribution in [0.2, 0.25) is 0 Å². The van der Waals surface area contributed by atoms with Gasteiger partial charge in [-0.1, -0.05) is 51.6 Å². The second-order valence-corrected chi connectivity index (χ2v) is 15.0. The van der Waals surface area contributed by atoms with Crippen LogP contribution in [-0.4, -0.2) is 65.8 Å². The topological polar surface area (TPSA) is 48.1 Å². The van der Waals surface area contributed by atoms with Crippen molar-refractivity contribution in [1.29, 1.82) is 0 Å². The number of rotatable bonds is 17. The van der Waals surface area contributed by atoms with E-state index in [0.717, 1.165) is 52.1 Å². The molecule has 0 amide bonds. The van der Waals surface area contributed by atoms with E-state index in [1.807, 2.05) is 6.20 Å². The Balaban J connectivity index is 1.15. The van der Waals surface area contributed by atoms with Crippen LogP contribution in [0.3, 0.4) is 0 Å². The van der Waals surface area contributed by atoms with Gasteiger partial charge in [0, 0.05) is 63.6 Å². The predicted molar refractivity (Wildman–Crippen MR) is 203 cm³/mol. The van der Waals surface area contributed by atoms with Crippen molar-refractivity contribution in [3.05, 3.63) is 78.9 Å². The number of likely N-dealkylation sites (N-methyl/N-ethyl adjacent to an activating group) is 2. The Morgan fingerprint density at radius 1 is 1.11 bits per heavy atom. The molecule has 0 spiro atoms. The van der Waals surface area contributed by atoms with Gasteiger partial charge in [-0.25, -0.2) is 4.57 Å². The van der Waals surface area contributed by atoms with E-state index < -0.39 is 0 Å². The highest BCUT2D eigenvalue weighted by Gasteiger charge is 2.34. The van der Waals surface area contributed by atoms with Crippen LogP contribution in [0.25, 0.3) is 32.6 Å². The van der Waals surface area contributed by atoms with Crippen molar-refractivity contribution in [3.8, 4) is 0 Å². The van der Waals surface area contributed by atoms with E-state index in [2.05, 4.69) is 125 Å². The van der Waals surface area contributed by atoms with Gasteiger partial charge >= 0.3 is 0 Å². The number of fused-ring (bicyclic) bond motifs is 5. The number of nitrogens with zero attached hydrogens (tertiary/aromatic N) is 3. The molecule has 2 aliphatic heterocycles. The molecular formula is C40H57N6S+. The van der Waals surface area contributed by atoms with Crippen LogP contribution in [0.4, 0.5) is 0 Å². The Bertz CT molecular complexity index is 1700. The maximum absolute atomic E-state index is 4.43.